The fourth-order valence-electron chi connectivity index (χ4n) is 3.75. The molecule has 0 heterocycles. The monoisotopic (exact) mass is 666 g/mol. The van der Waals surface area contributed by atoms with E-state index in [1.54, 1.807) is 13.8 Å². The van der Waals surface area contributed by atoms with Gasteiger partial charge in [0, 0.05) is 23.3 Å². The third-order valence-corrected chi connectivity index (χ3v) is 6.34. The molecule has 0 radical (unpaired) electrons. The number of ether oxygens (including phenoxy) is 6. The fraction of sp³-hybridized carbons (Fsp3) is 0.278. The molecule has 254 valence electrons. The van der Waals surface area contributed by atoms with Crippen LogP contribution in [-0.4, -0.2) is 50.3 Å². The quantitative estimate of drug-likeness (QED) is 0.0609. The number of benzene rings is 3. The lowest BCUT2D eigenvalue weighted by Crippen LogP contribution is -2.12. The summed E-state index contributed by atoms with van der Waals surface area (Å²) >= 11 is 0. The molecular weight excluding hydrogens is 630 g/mol. The lowest BCUT2D eigenvalue weighted by atomic mass is 10.2. The summed E-state index contributed by atoms with van der Waals surface area (Å²) in [5.74, 6) is -5.75. The Kier molecular flexibility index (Phi) is 14.3. The third kappa shape index (κ3) is 12.0. The highest BCUT2D eigenvalue weighted by Gasteiger charge is 2.20. The molecule has 0 amide bonds. The highest BCUT2D eigenvalue weighted by atomic mass is 19.1. The summed E-state index contributed by atoms with van der Waals surface area (Å²) in [4.78, 5) is 47.8. The van der Waals surface area contributed by atoms with Crippen molar-refractivity contribution >= 4 is 23.9 Å². The largest absolute Gasteiger partial charge is 0.494 e. The van der Waals surface area contributed by atoms with E-state index in [2.05, 4.69) is 13.2 Å². The Bertz CT molecular complexity index is 1590. The molecule has 10 nitrogen and oxygen atoms in total. The lowest BCUT2D eigenvalue weighted by Gasteiger charge is -2.11. The van der Waals surface area contributed by atoms with Crippen molar-refractivity contribution in [1.82, 2.24) is 0 Å². The van der Waals surface area contributed by atoms with E-state index in [4.69, 9.17) is 28.4 Å². The van der Waals surface area contributed by atoms with Crippen molar-refractivity contribution in [2.75, 3.05) is 26.4 Å². The lowest BCUT2D eigenvalue weighted by molar-refractivity contribution is -0.139. The Labute approximate surface area is 276 Å². The summed E-state index contributed by atoms with van der Waals surface area (Å²) in [7, 11) is 0. The van der Waals surface area contributed by atoms with Gasteiger partial charge >= 0.3 is 23.9 Å². The molecule has 0 saturated heterocycles. The predicted octanol–water partition coefficient (Wildman–Crippen LogP) is 6.96. The maximum atomic E-state index is 14.7. The summed E-state index contributed by atoms with van der Waals surface area (Å²) in [6.45, 7) is 11.3. The number of rotatable bonds is 18. The van der Waals surface area contributed by atoms with Gasteiger partial charge in [-0.05, 0) is 88.1 Å². The van der Waals surface area contributed by atoms with Gasteiger partial charge in [-0.1, -0.05) is 13.2 Å². The van der Waals surface area contributed by atoms with Crippen LogP contribution in [0.25, 0.3) is 0 Å². The molecule has 0 unspecified atom stereocenters. The summed E-state index contributed by atoms with van der Waals surface area (Å²) in [6.07, 6.45) is 2.41. The minimum Gasteiger partial charge on any atom is -0.494 e. The minimum atomic E-state index is -1.25. The molecule has 3 aromatic carbocycles. The van der Waals surface area contributed by atoms with Crippen molar-refractivity contribution in [3.63, 3.8) is 0 Å². The summed E-state index contributed by atoms with van der Waals surface area (Å²) in [6, 6.07) is 13.1. The Morgan fingerprint density at radius 2 is 0.938 bits per heavy atom. The van der Waals surface area contributed by atoms with Crippen LogP contribution in [0.15, 0.2) is 85.0 Å². The van der Waals surface area contributed by atoms with Crippen LogP contribution >= 0.6 is 0 Å². The molecule has 3 aromatic rings. The molecule has 12 heteroatoms. The number of halogens is 2. The molecule has 48 heavy (non-hydrogen) atoms. The molecule has 3 rings (SSSR count). The second-order valence-electron chi connectivity index (χ2n) is 10.5. The first-order valence-electron chi connectivity index (χ1n) is 15.0. The first-order valence-corrected chi connectivity index (χ1v) is 15.0. The average molecular weight is 667 g/mol. The van der Waals surface area contributed by atoms with Gasteiger partial charge in [-0.2, -0.15) is 0 Å². The Balaban J connectivity index is 1.44. The van der Waals surface area contributed by atoms with Crippen molar-refractivity contribution in [2.45, 2.75) is 39.5 Å². The molecule has 0 aliphatic carbocycles. The van der Waals surface area contributed by atoms with E-state index in [1.165, 1.54) is 48.5 Å². The molecule has 0 fully saturated rings. The van der Waals surface area contributed by atoms with E-state index in [-0.39, 0.29) is 24.3 Å². The maximum absolute atomic E-state index is 14.7. The van der Waals surface area contributed by atoms with Crippen LogP contribution in [0.5, 0.6) is 23.0 Å². The molecule has 0 N–H and O–H groups in total. The normalized spacial score (nSPS) is 10.4. The molecular formula is C36H36F2O10. The summed E-state index contributed by atoms with van der Waals surface area (Å²) < 4.78 is 60.7. The standard InChI is InChI=1S/C36H36F2O10/c1-23(2)33(39)45-19-7-5-17-43-27-13-9-25(10-14-27)35(41)47-29-21-30(37)32(31(38)22-29)48-36(42)26-11-15-28(16-12-26)44-18-6-8-20-46-34(40)24(3)4/h9-16,21-22H,1,3,5-8,17-20H2,2,4H3. The number of hydrogen-bond acceptors (Lipinski definition) is 10. The SMILES string of the molecule is C=C(C)C(=O)OCCCCOc1ccc(C(=O)Oc2cc(F)c(OC(=O)c3ccc(OCCCCOC(=O)C(=C)C)cc3)c(F)c2)cc1. The minimum absolute atomic E-state index is 0.0138. The number of esters is 4. The van der Waals surface area contributed by atoms with Crippen molar-refractivity contribution in [1.29, 1.82) is 0 Å². The fourth-order valence-corrected chi connectivity index (χ4v) is 3.75. The predicted molar refractivity (Wildman–Crippen MR) is 170 cm³/mol. The zero-order valence-electron chi connectivity index (χ0n) is 26.7. The smallest absolute Gasteiger partial charge is 0.343 e. The van der Waals surface area contributed by atoms with Crippen LogP contribution in [0.4, 0.5) is 8.78 Å². The second-order valence-corrected chi connectivity index (χ2v) is 10.5. The number of carbonyl (C=O) groups is 4. The van der Waals surface area contributed by atoms with Gasteiger partial charge in [0.1, 0.15) is 17.2 Å². The van der Waals surface area contributed by atoms with Crippen LogP contribution in [0.2, 0.25) is 0 Å². The van der Waals surface area contributed by atoms with Crippen LogP contribution in [0, 0.1) is 11.6 Å². The Morgan fingerprint density at radius 3 is 1.33 bits per heavy atom. The Morgan fingerprint density at radius 1 is 0.562 bits per heavy atom. The number of hydrogen-bond donors (Lipinski definition) is 0. The summed E-state index contributed by atoms with van der Waals surface area (Å²) in [5.41, 5.74) is 0.767. The molecule has 0 atom stereocenters. The summed E-state index contributed by atoms with van der Waals surface area (Å²) in [5, 5.41) is 0. The zero-order chi connectivity index (χ0) is 35.1. The van der Waals surface area contributed by atoms with Gasteiger partial charge in [-0.25, -0.2) is 28.0 Å². The van der Waals surface area contributed by atoms with E-state index in [1.807, 2.05) is 0 Å². The van der Waals surface area contributed by atoms with Gasteiger partial charge < -0.3 is 28.4 Å². The molecule has 0 aliphatic heterocycles. The van der Waals surface area contributed by atoms with Crippen molar-refractivity contribution in [2.24, 2.45) is 0 Å². The number of carbonyl (C=O) groups excluding carboxylic acids is 4. The first kappa shape index (κ1) is 36.9. The van der Waals surface area contributed by atoms with E-state index in [0.29, 0.717) is 61.5 Å². The highest BCUT2D eigenvalue weighted by molar-refractivity contribution is 5.92. The van der Waals surface area contributed by atoms with E-state index in [0.717, 1.165) is 12.1 Å². The molecule has 0 aromatic heterocycles. The van der Waals surface area contributed by atoms with Gasteiger partial charge in [0.25, 0.3) is 0 Å². The third-order valence-electron chi connectivity index (χ3n) is 6.34. The van der Waals surface area contributed by atoms with Gasteiger partial charge in [-0.15, -0.1) is 0 Å². The molecule has 0 spiro atoms. The highest BCUT2D eigenvalue weighted by Crippen LogP contribution is 2.29. The molecule has 0 aliphatic rings. The maximum Gasteiger partial charge on any atom is 0.343 e. The van der Waals surface area contributed by atoms with Gasteiger partial charge in [-0.3, -0.25) is 0 Å². The van der Waals surface area contributed by atoms with E-state index >= 15 is 0 Å². The van der Waals surface area contributed by atoms with Gasteiger partial charge in [0.05, 0.1) is 37.6 Å². The average Bonchev–Trinajstić information content (AvgIpc) is 3.06. The number of unbranched alkanes of at least 4 members (excludes halogenated alkanes) is 2. The van der Waals surface area contributed by atoms with Crippen molar-refractivity contribution < 1.29 is 56.4 Å². The topological polar surface area (TPSA) is 124 Å². The van der Waals surface area contributed by atoms with Crippen molar-refractivity contribution in [3.8, 4) is 23.0 Å². The zero-order valence-corrected chi connectivity index (χ0v) is 26.7. The van der Waals surface area contributed by atoms with Crippen molar-refractivity contribution in [3.05, 3.63) is 108 Å². The first-order chi connectivity index (χ1) is 22.9. The van der Waals surface area contributed by atoms with Crippen LogP contribution in [0.1, 0.15) is 60.2 Å². The second kappa shape index (κ2) is 18.6. The van der Waals surface area contributed by atoms with Gasteiger partial charge in [0.15, 0.2) is 11.6 Å². The Hall–Kier alpha value is -5.52. The van der Waals surface area contributed by atoms with Gasteiger partial charge in [0.2, 0.25) is 5.75 Å². The van der Waals surface area contributed by atoms with Crippen LogP contribution in [0.3, 0.4) is 0 Å². The van der Waals surface area contributed by atoms with E-state index in [9.17, 15) is 28.0 Å². The van der Waals surface area contributed by atoms with E-state index < -0.39 is 47.0 Å². The van der Waals surface area contributed by atoms with Crippen LogP contribution in [-0.2, 0) is 19.1 Å². The molecule has 0 bridgehead atoms. The molecule has 0 saturated carbocycles. The van der Waals surface area contributed by atoms with Crippen LogP contribution < -0.4 is 18.9 Å².